The van der Waals surface area contributed by atoms with Crippen molar-refractivity contribution >= 4 is 16.6 Å². The van der Waals surface area contributed by atoms with Crippen molar-refractivity contribution in [3.63, 3.8) is 0 Å². The number of benzene rings is 2. The Bertz CT molecular complexity index is 648. The van der Waals surface area contributed by atoms with Crippen LogP contribution < -0.4 is 4.74 Å². The van der Waals surface area contributed by atoms with Crippen molar-refractivity contribution in [2.75, 3.05) is 0 Å². The summed E-state index contributed by atoms with van der Waals surface area (Å²) in [6.07, 6.45) is 1.92. The molecule has 0 spiro atoms. The first-order chi connectivity index (χ1) is 9.66. The second-order valence-electron chi connectivity index (χ2n) is 5.37. The molecule has 3 heteroatoms. The van der Waals surface area contributed by atoms with Gasteiger partial charge in [0.2, 0.25) is 0 Å². The maximum atomic E-state index is 11.8. The molecule has 2 unspecified atom stereocenters. The quantitative estimate of drug-likeness (QED) is 0.870. The summed E-state index contributed by atoms with van der Waals surface area (Å²) in [5.74, 6) is 0.597. The van der Waals surface area contributed by atoms with E-state index in [2.05, 4.69) is 0 Å². The van der Waals surface area contributed by atoms with E-state index in [9.17, 15) is 9.90 Å². The fourth-order valence-corrected chi connectivity index (χ4v) is 2.84. The third-order valence-corrected chi connectivity index (χ3v) is 3.95. The largest absolute Gasteiger partial charge is 0.486 e. The molecule has 0 heterocycles. The molecule has 3 rings (SSSR count). The first kappa shape index (κ1) is 13.1. The summed E-state index contributed by atoms with van der Waals surface area (Å²) < 4.78 is 6.02. The summed E-state index contributed by atoms with van der Waals surface area (Å²) in [6, 6.07) is 11.6. The van der Waals surface area contributed by atoms with Crippen molar-refractivity contribution in [3.8, 4) is 5.75 Å². The molecular formula is C17H18O3. The molecule has 20 heavy (non-hydrogen) atoms. The van der Waals surface area contributed by atoms with Crippen LogP contribution in [0.1, 0.15) is 36.5 Å². The van der Waals surface area contributed by atoms with Crippen LogP contribution in [0.4, 0.5) is 0 Å². The number of carbonyl (C=O) groups is 1. The lowest BCUT2D eigenvalue weighted by atomic mass is 10.0. The SMILES string of the molecule is CC(=O)c1ccc2ccccc2c1OC1CCCC1O. The average Bonchev–Trinajstić information content (AvgIpc) is 2.84. The van der Waals surface area contributed by atoms with Gasteiger partial charge in [-0.15, -0.1) is 0 Å². The normalized spacial score (nSPS) is 22.1. The number of aliphatic hydroxyl groups excluding tert-OH is 1. The van der Waals surface area contributed by atoms with Crippen LogP contribution in [0, 0.1) is 0 Å². The van der Waals surface area contributed by atoms with E-state index in [1.54, 1.807) is 13.0 Å². The molecule has 2 aromatic carbocycles. The highest BCUT2D eigenvalue weighted by molar-refractivity contribution is 6.03. The van der Waals surface area contributed by atoms with Crippen LogP contribution in [0.25, 0.3) is 10.8 Å². The topological polar surface area (TPSA) is 46.5 Å². The molecule has 0 radical (unpaired) electrons. The van der Waals surface area contributed by atoms with Gasteiger partial charge in [0, 0.05) is 5.39 Å². The minimum Gasteiger partial charge on any atom is -0.486 e. The van der Waals surface area contributed by atoms with Crippen molar-refractivity contribution in [3.05, 3.63) is 42.0 Å². The summed E-state index contributed by atoms with van der Waals surface area (Å²) in [6.45, 7) is 1.54. The Kier molecular flexibility index (Phi) is 3.45. The standard InChI is InChI=1S/C17H18O3/c1-11(18)13-10-9-12-5-2-3-6-14(12)17(13)20-16-8-4-7-15(16)19/h2-3,5-6,9-10,15-16,19H,4,7-8H2,1H3. The number of ketones is 1. The van der Waals surface area contributed by atoms with E-state index in [0.29, 0.717) is 11.3 Å². The number of Topliss-reactive ketones (excluding diaryl/α,β-unsaturated/α-hetero) is 1. The molecule has 3 nitrogen and oxygen atoms in total. The molecule has 0 amide bonds. The van der Waals surface area contributed by atoms with Crippen LogP contribution in [0.5, 0.6) is 5.75 Å². The molecule has 2 atom stereocenters. The maximum Gasteiger partial charge on any atom is 0.163 e. The second kappa shape index (κ2) is 5.25. The van der Waals surface area contributed by atoms with Crippen LogP contribution in [-0.4, -0.2) is 23.1 Å². The van der Waals surface area contributed by atoms with E-state index >= 15 is 0 Å². The molecule has 1 N–H and O–H groups in total. The molecule has 104 valence electrons. The molecule has 1 aliphatic carbocycles. The van der Waals surface area contributed by atoms with Gasteiger partial charge in [-0.25, -0.2) is 0 Å². The molecule has 0 bridgehead atoms. The fourth-order valence-electron chi connectivity index (χ4n) is 2.84. The third-order valence-electron chi connectivity index (χ3n) is 3.95. The second-order valence-corrected chi connectivity index (χ2v) is 5.37. The first-order valence-corrected chi connectivity index (χ1v) is 7.04. The van der Waals surface area contributed by atoms with E-state index in [0.717, 1.165) is 30.0 Å². The van der Waals surface area contributed by atoms with Gasteiger partial charge in [-0.05, 0) is 37.6 Å². The van der Waals surface area contributed by atoms with Gasteiger partial charge in [-0.1, -0.05) is 30.3 Å². The van der Waals surface area contributed by atoms with Gasteiger partial charge >= 0.3 is 0 Å². The number of rotatable bonds is 3. The zero-order valence-electron chi connectivity index (χ0n) is 11.5. The number of fused-ring (bicyclic) bond motifs is 1. The van der Waals surface area contributed by atoms with Crippen molar-refractivity contribution in [1.29, 1.82) is 0 Å². The highest BCUT2D eigenvalue weighted by atomic mass is 16.5. The molecule has 2 aromatic rings. The summed E-state index contributed by atoms with van der Waals surface area (Å²) in [4.78, 5) is 11.8. The van der Waals surface area contributed by atoms with Gasteiger partial charge in [-0.3, -0.25) is 4.79 Å². The number of hydrogen-bond donors (Lipinski definition) is 1. The first-order valence-electron chi connectivity index (χ1n) is 7.04. The Morgan fingerprint density at radius 3 is 2.70 bits per heavy atom. The number of hydrogen-bond acceptors (Lipinski definition) is 3. The smallest absolute Gasteiger partial charge is 0.163 e. The van der Waals surface area contributed by atoms with Crippen molar-refractivity contribution < 1.29 is 14.6 Å². The zero-order chi connectivity index (χ0) is 14.1. The lowest BCUT2D eigenvalue weighted by Crippen LogP contribution is -2.26. The maximum absolute atomic E-state index is 11.8. The van der Waals surface area contributed by atoms with Crippen LogP contribution in [-0.2, 0) is 0 Å². The van der Waals surface area contributed by atoms with Gasteiger partial charge < -0.3 is 9.84 Å². The molecular weight excluding hydrogens is 252 g/mol. The summed E-state index contributed by atoms with van der Waals surface area (Å²) in [7, 11) is 0. The van der Waals surface area contributed by atoms with E-state index in [1.807, 2.05) is 30.3 Å². The molecule has 1 aliphatic rings. The van der Waals surface area contributed by atoms with Gasteiger partial charge in [0.1, 0.15) is 11.9 Å². The van der Waals surface area contributed by atoms with Gasteiger partial charge in [-0.2, -0.15) is 0 Å². The molecule has 1 fully saturated rings. The summed E-state index contributed by atoms with van der Waals surface area (Å²) in [5.41, 5.74) is 0.586. The van der Waals surface area contributed by atoms with Crippen LogP contribution in [0.2, 0.25) is 0 Å². The lowest BCUT2D eigenvalue weighted by Gasteiger charge is -2.20. The van der Waals surface area contributed by atoms with Gasteiger partial charge in [0.15, 0.2) is 5.78 Å². The fraction of sp³-hybridized carbons (Fsp3) is 0.353. The Morgan fingerprint density at radius 1 is 1.20 bits per heavy atom. The van der Waals surface area contributed by atoms with Crippen LogP contribution >= 0.6 is 0 Å². The molecule has 0 saturated heterocycles. The van der Waals surface area contributed by atoms with Crippen LogP contribution in [0.15, 0.2) is 36.4 Å². The predicted molar refractivity (Wildman–Crippen MR) is 78.2 cm³/mol. The summed E-state index contributed by atoms with van der Waals surface area (Å²) >= 11 is 0. The number of aliphatic hydroxyl groups is 1. The summed E-state index contributed by atoms with van der Waals surface area (Å²) in [5, 5.41) is 11.9. The Hall–Kier alpha value is -1.87. The predicted octanol–water partition coefficient (Wildman–Crippen LogP) is 3.33. The van der Waals surface area contributed by atoms with Crippen molar-refractivity contribution in [2.45, 2.75) is 38.4 Å². The third kappa shape index (κ3) is 2.29. The van der Waals surface area contributed by atoms with E-state index in [1.165, 1.54) is 0 Å². The lowest BCUT2D eigenvalue weighted by molar-refractivity contribution is 0.0604. The molecule has 0 aliphatic heterocycles. The monoisotopic (exact) mass is 270 g/mol. The number of carbonyl (C=O) groups excluding carboxylic acids is 1. The zero-order valence-corrected chi connectivity index (χ0v) is 11.5. The average molecular weight is 270 g/mol. The Balaban J connectivity index is 2.09. The Morgan fingerprint density at radius 2 is 2.00 bits per heavy atom. The molecule has 1 saturated carbocycles. The van der Waals surface area contributed by atoms with E-state index in [-0.39, 0.29) is 11.9 Å². The molecule has 0 aromatic heterocycles. The van der Waals surface area contributed by atoms with Crippen molar-refractivity contribution in [2.24, 2.45) is 0 Å². The van der Waals surface area contributed by atoms with Gasteiger partial charge in [0.25, 0.3) is 0 Å². The Labute approximate surface area is 118 Å². The highest BCUT2D eigenvalue weighted by Crippen LogP contribution is 2.34. The van der Waals surface area contributed by atoms with Gasteiger partial charge in [0.05, 0.1) is 11.7 Å². The minimum atomic E-state index is -0.436. The highest BCUT2D eigenvalue weighted by Gasteiger charge is 2.28. The van der Waals surface area contributed by atoms with Crippen LogP contribution in [0.3, 0.4) is 0 Å². The number of ether oxygens (including phenoxy) is 1. The van der Waals surface area contributed by atoms with E-state index in [4.69, 9.17) is 4.74 Å². The van der Waals surface area contributed by atoms with E-state index < -0.39 is 6.10 Å². The minimum absolute atomic E-state index is 0.0155. The van der Waals surface area contributed by atoms with Crippen molar-refractivity contribution in [1.82, 2.24) is 0 Å².